The van der Waals surface area contributed by atoms with E-state index in [1.807, 2.05) is 18.2 Å². The number of hydrogen-bond acceptors (Lipinski definition) is 4. The van der Waals surface area contributed by atoms with Crippen LogP contribution in [0, 0.1) is 0 Å². The summed E-state index contributed by atoms with van der Waals surface area (Å²) in [4.78, 5) is 2.24. The smallest absolute Gasteiger partial charge is 0.0601 e. The molecule has 1 unspecified atom stereocenters. The summed E-state index contributed by atoms with van der Waals surface area (Å²) in [5.74, 6) is 0. The molecule has 0 bridgehead atoms. The van der Waals surface area contributed by atoms with Crippen molar-refractivity contribution in [1.82, 2.24) is 5.32 Å². The van der Waals surface area contributed by atoms with Crippen molar-refractivity contribution in [2.45, 2.75) is 6.04 Å². The predicted octanol–water partition coefficient (Wildman–Crippen LogP) is 0.0393. The molecule has 0 saturated carbocycles. The molecule has 0 aromatic heterocycles. The van der Waals surface area contributed by atoms with Gasteiger partial charge in [-0.05, 0) is 18.2 Å². The number of anilines is 2. The van der Waals surface area contributed by atoms with Gasteiger partial charge in [0.2, 0.25) is 0 Å². The van der Waals surface area contributed by atoms with E-state index >= 15 is 0 Å². The highest BCUT2D eigenvalue weighted by Gasteiger charge is 2.18. The molecule has 1 fully saturated rings. The van der Waals surface area contributed by atoms with Crippen molar-refractivity contribution in [3.8, 4) is 0 Å². The zero-order chi connectivity index (χ0) is 10.7. The van der Waals surface area contributed by atoms with Gasteiger partial charge in [-0.25, -0.2) is 0 Å². The van der Waals surface area contributed by atoms with Crippen molar-refractivity contribution in [3.63, 3.8) is 0 Å². The summed E-state index contributed by atoms with van der Waals surface area (Å²) in [5.41, 5.74) is 7.66. The van der Waals surface area contributed by atoms with Gasteiger partial charge in [-0.1, -0.05) is 6.07 Å². The quantitative estimate of drug-likeness (QED) is 0.599. The normalized spacial score (nSPS) is 21.7. The summed E-state index contributed by atoms with van der Waals surface area (Å²) in [6, 6.07) is 8.03. The Hall–Kier alpha value is -1.26. The fourth-order valence-electron chi connectivity index (χ4n) is 1.90. The number of rotatable bonds is 2. The van der Waals surface area contributed by atoms with Gasteiger partial charge < -0.3 is 21.1 Å². The highest BCUT2D eigenvalue weighted by atomic mass is 16.3. The minimum absolute atomic E-state index is 0.167. The highest BCUT2D eigenvalue weighted by Crippen LogP contribution is 2.18. The van der Waals surface area contributed by atoms with E-state index < -0.39 is 0 Å². The Labute approximate surface area is 89.7 Å². The Bertz CT molecular complexity index is 329. The van der Waals surface area contributed by atoms with Crippen molar-refractivity contribution >= 4 is 11.4 Å². The molecular formula is C11H17N3O. The minimum atomic E-state index is 0.167. The lowest BCUT2D eigenvalue weighted by atomic mass is 10.2. The molecule has 1 aromatic carbocycles. The molecule has 0 amide bonds. The van der Waals surface area contributed by atoms with Gasteiger partial charge in [0.05, 0.1) is 6.61 Å². The van der Waals surface area contributed by atoms with Gasteiger partial charge in [-0.15, -0.1) is 0 Å². The van der Waals surface area contributed by atoms with Crippen LogP contribution in [0.25, 0.3) is 0 Å². The number of nitrogens with one attached hydrogen (secondary N) is 1. The number of nitrogen functional groups attached to an aromatic ring is 1. The van der Waals surface area contributed by atoms with Gasteiger partial charge >= 0.3 is 0 Å². The summed E-state index contributed by atoms with van der Waals surface area (Å²) in [6.07, 6.45) is 0. The average Bonchev–Trinajstić information content (AvgIpc) is 2.29. The monoisotopic (exact) mass is 207 g/mol. The average molecular weight is 207 g/mol. The van der Waals surface area contributed by atoms with Crippen LogP contribution < -0.4 is 16.0 Å². The maximum atomic E-state index is 9.10. The molecule has 0 radical (unpaired) electrons. The Morgan fingerprint density at radius 1 is 1.53 bits per heavy atom. The van der Waals surface area contributed by atoms with Gasteiger partial charge in [0, 0.05) is 37.1 Å². The molecule has 4 heteroatoms. The number of hydrogen-bond donors (Lipinski definition) is 3. The van der Waals surface area contributed by atoms with Gasteiger partial charge in [-0.3, -0.25) is 0 Å². The maximum absolute atomic E-state index is 9.10. The van der Waals surface area contributed by atoms with Crippen LogP contribution in [0.4, 0.5) is 11.4 Å². The van der Waals surface area contributed by atoms with Crippen LogP contribution in [0.1, 0.15) is 0 Å². The molecule has 1 saturated heterocycles. The SMILES string of the molecule is Nc1cccc(N2CCNC(CO)C2)c1. The summed E-state index contributed by atoms with van der Waals surface area (Å²) in [5, 5.41) is 12.4. The molecular weight excluding hydrogens is 190 g/mol. The third-order valence-corrected chi connectivity index (χ3v) is 2.71. The first-order chi connectivity index (χ1) is 7.29. The van der Waals surface area contributed by atoms with Crippen LogP contribution in [0.15, 0.2) is 24.3 Å². The van der Waals surface area contributed by atoms with Gasteiger partial charge in [0.1, 0.15) is 0 Å². The second kappa shape index (κ2) is 4.51. The molecule has 1 aromatic rings. The standard InChI is InChI=1S/C11H17N3O/c12-9-2-1-3-11(6-9)14-5-4-13-10(7-14)8-15/h1-3,6,10,13,15H,4-5,7-8,12H2. The fraction of sp³-hybridized carbons (Fsp3) is 0.455. The lowest BCUT2D eigenvalue weighted by Crippen LogP contribution is -2.52. The van der Waals surface area contributed by atoms with Crippen LogP contribution in [-0.2, 0) is 0 Å². The fourth-order valence-corrected chi connectivity index (χ4v) is 1.90. The Morgan fingerprint density at radius 2 is 2.40 bits per heavy atom. The summed E-state index contributed by atoms with van der Waals surface area (Å²) in [7, 11) is 0. The first kappa shape index (κ1) is 10.3. The Balaban J connectivity index is 2.09. The van der Waals surface area contributed by atoms with Crippen molar-refractivity contribution in [3.05, 3.63) is 24.3 Å². The molecule has 1 aliphatic rings. The van der Waals surface area contributed by atoms with E-state index in [9.17, 15) is 0 Å². The summed E-state index contributed by atoms with van der Waals surface area (Å²) < 4.78 is 0. The molecule has 4 N–H and O–H groups in total. The molecule has 1 aliphatic heterocycles. The number of aliphatic hydroxyl groups excluding tert-OH is 1. The van der Waals surface area contributed by atoms with E-state index in [1.165, 1.54) is 0 Å². The van der Waals surface area contributed by atoms with E-state index in [-0.39, 0.29) is 12.6 Å². The first-order valence-corrected chi connectivity index (χ1v) is 5.24. The van der Waals surface area contributed by atoms with Crippen molar-refractivity contribution in [2.24, 2.45) is 0 Å². The lowest BCUT2D eigenvalue weighted by Gasteiger charge is -2.34. The maximum Gasteiger partial charge on any atom is 0.0601 e. The first-order valence-electron chi connectivity index (χ1n) is 5.24. The number of piperazine rings is 1. The molecule has 2 rings (SSSR count). The summed E-state index contributed by atoms with van der Waals surface area (Å²) >= 11 is 0. The van der Waals surface area contributed by atoms with E-state index in [2.05, 4.69) is 16.3 Å². The van der Waals surface area contributed by atoms with Crippen LogP contribution in [-0.4, -0.2) is 37.4 Å². The third-order valence-electron chi connectivity index (χ3n) is 2.71. The molecule has 1 heterocycles. The highest BCUT2D eigenvalue weighted by molar-refractivity contribution is 5.56. The van der Waals surface area contributed by atoms with Crippen LogP contribution in [0.3, 0.4) is 0 Å². The zero-order valence-corrected chi connectivity index (χ0v) is 8.69. The molecule has 4 nitrogen and oxygen atoms in total. The van der Waals surface area contributed by atoms with Gasteiger partial charge in [0.15, 0.2) is 0 Å². The zero-order valence-electron chi connectivity index (χ0n) is 8.69. The second-order valence-electron chi connectivity index (χ2n) is 3.87. The number of aliphatic hydroxyl groups is 1. The number of benzene rings is 1. The Morgan fingerprint density at radius 3 is 3.13 bits per heavy atom. The second-order valence-corrected chi connectivity index (χ2v) is 3.87. The van der Waals surface area contributed by atoms with Crippen molar-refractivity contribution in [2.75, 3.05) is 36.9 Å². The van der Waals surface area contributed by atoms with E-state index in [0.29, 0.717) is 0 Å². The third kappa shape index (κ3) is 2.40. The number of nitrogens with two attached hydrogens (primary N) is 1. The van der Waals surface area contributed by atoms with Gasteiger partial charge in [-0.2, -0.15) is 0 Å². The topological polar surface area (TPSA) is 61.5 Å². The lowest BCUT2D eigenvalue weighted by molar-refractivity contribution is 0.235. The summed E-state index contributed by atoms with van der Waals surface area (Å²) in [6.45, 7) is 2.87. The largest absolute Gasteiger partial charge is 0.399 e. The van der Waals surface area contributed by atoms with E-state index in [1.54, 1.807) is 0 Å². The van der Waals surface area contributed by atoms with Gasteiger partial charge in [0.25, 0.3) is 0 Å². The molecule has 0 spiro atoms. The molecule has 82 valence electrons. The number of nitrogens with zero attached hydrogens (tertiary/aromatic N) is 1. The molecule has 1 atom stereocenters. The van der Waals surface area contributed by atoms with E-state index in [4.69, 9.17) is 10.8 Å². The van der Waals surface area contributed by atoms with E-state index in [0.717, 1.165) is 31.0 Å². The van der Waals surface area contributed by atoms with Crippen LogP contribution in [0.2, 0.25) is 0 Å². The van der Waals surface area contributed by atoms with Crippen LogP contribution in [0.5, 0.6) is 0 Å². The van der Waals surface area contributed by atoms with Crippen molar-refractivity contribution in [1.29, 1.82) is 0 Å². The Kier molecular flexibility index (Phi) is 3.08. The van der Waals surface area contributed by atoms with Crippen molar-refractivity contribution < 1.29 is 5.11 Å². The predicted molar refractivity (Wildman–Crippen MR) is 61.9 cm³/mol. The minimum Gasteiger partial charge on any atom is -0.399 e. The molecule has 0 aliphatic carbocycles. The van der Waals surface area contributed by atoms with Crippen LogP contribution >= 0.6 is 0 Å². The molecule has 15 heavy (non-hydrogen) atoms.